The van der Waals surface area contributed by atoms with E-state index in [2.05, 4.69) is 39.0 Å². The predicted molar refractivity (Wildman–Crippen MR) is 70.7 cm³/mol. The number of aryl methyl sites for hydroxylation is 1. The monoisotopic (exact) mass is 291 g/mol. The minimum atomic E-state index is 0.673. The highest BCUT2D eigenvalue weighted by Crippen LogP contribution is 2.42. The Hall–Kier alpha value is -1.16. The van der Waals surface area contributed by atoms with E-state index < -0.39 is 0 Å². The van der Waals surface area contributed by atoms with Crippen molar-refractivity contribution < 1.29 is 0 Å². The average molecular weight is 292 g/mol. The summed E-state index contributed by atoms with van der Waals surface area (Å²) < 4.78 is 2.00. The molecular weight excluding hydrogens is 278 g/mol. The van der Waals surface area contributed by atoms with Crippen LogP contribution in [0.15, 0.2) is 24.5 Å². The quantitative estimate of drug-likeness (QED) is 0.812. The van der Waals surface area contributed by atoms with Gasteiger partial charge >= 0.3 is 0 Å². The maximum atomic E-state index is 4.48. The summed E-state index contributed by atoms with van der Waals surface area (Å²) in [5.41, 5.74) is 3.84. The molecule has 17 heavy (non-hydrogen) atoms. The normalized spacial score (nSPS) is 15.2. The molecule has 0 spiro atoms. The molecule has 3 nitrogen and oxygen atoms in total. The Morgan fingerprint density at radius 2 is 2.29 bits per heavy atom. The van der Waals surface area contributed by atoms with E-state index in [1.54, 1.807) is 0 Å². The molecule has 88 valence electrons. The van der Waals surface area contributed by atoms with Crippen molar-refractivity contribution in [2.45, 2.75) is 31.0 Å². The Morgan fingerprint density at radius 3 is 2.94 bits per heavy atom. The first-order chi connectivity index (χ1) is 8.29. The third kappa shape index (κ3) is 2.02. The lowest BCUT2D eigenvalue weighted by Gasteiger charge is -2.07. The van der Waals surface area contributed by atoms with E-state index in [1.807, 2.05) is 23.1 Å². The standard InChI is InChI=1S/C13H14BrN3/c1-9-4-5-15-12(6-9)17-13(10-2-3-10)11(7-14)8-16-17/h4-6,8,10H,2-3,7H2,1H3. The molecule has 0 aliphatic heterocycles. The van der Waals surface area contributed by atoms with Gasteiger partial charge in [-0.3, -0.25) is 0 Å². The minimum absolute atomic E-state index is 0.673. The van der Waals surface area contributed by atoms with Crippen LogP contribution in [0, 0.1) is 6.92 Å². The predicted octanol–water partition coefficient (Wildman–Crippen LogP) is 3.35. The van der Waals surface area contributed by atoms with Gasteiger partial charge in [-0.05, 0) is 37.5 Å². The fourth-order valence-corrected chi connectivity index (χ4v) is 2.54. The maximum Gasteiger partial charge on any atom is 0.153 e. The van der Waals surface area contributed by atoms with Crippen LogP contribution in [0.1, 0.15) is 35.6 Å². The van der Waals surface area contributed by atoms with Gasteiger partial charge in [-0.25, -0.2) is 9.67 Å². The van der Waals surface area contributed by atoms with Gasteiger partial charge in [0.1, 0.15) is 0 Å². The van der Waals surface area contributed by atoms with Crippen molar-refractivity contribution >= 4 is 15.9 Å². The molecule has 4 heteroatoms. The maximum absolute atomic E-state index is 4.48. The molecule has 2 heterocycles. The third-order valence-corrected chi connectivity index (χ3v) is 3.72. The van der Waals surface area contributed by atoms with Gasteiger partial charge in [-0.2, -0.15) is 5.10 Å². The van der Waals surface area contributed by atoms with Crippen molar-refractivity contribution in [1.82, 2.24) is 14.8 Å². The first-order valence-corrected chi connectivity index (χ1v) is 6.97. The van der Waals surface area contributed by atoms with Gasteiger partial charge in [0.15, 0.2) is 5.82 Å². The Balaban J connectivity index is 2.11. The molecule has 2 aromatic rings. The molecule has 0 unspecified atom stereocenters. The van der Waals surface area contributed by atoms with E-state index in [4.69, 9.17) is 0 Å². The summed E-state index contributed by atoms with van der Waals surface area (Å²) in [6.45, 7) is 2.08. The average Bonchev–Trinajstić information content (AvgIpc) is 3.08. The van der Waals surface area contributed by atoms with Crippen molar-refractivity contribution in [2.75, 3.05) is 0 Å². The number of halogens is 1. The third-order valence-electron chi connectivity index (χ3n) is 3.11. The minimum Gasteiger partial charge on any atom is -0.237 e. The lowest BCUT2D eigenvalue weighted by Crippen LogP contribution is -2.04. The van der Waals surface area contributed by atoms with Crippen LogP contribution < -0.4 is 0 Å². The number of rotatable bonds is 3. The highest BCUT2D eigenvalue weighted by atomic mass is 79.9. The highest BCUT2D eigenvalue weighted by Gasteiger charge is 2.30. The van der Waals surface area contributed by atoms with Crippen molar-refractivity contribution in [3.63, 3.8) is 0 Å². The van der Waals surface area contributed by atoms with Crippen LogP contribution in [0.2, 0.25) is 0 Å². The van der Waals surface area contributed by atoms with Crippen molar-refractivity contribution in [3.05, 3.63) is 41.3 Å². The lowest BCUT2D eigenvalue weighted by molar-refractivity contribution is 0.780. The summed E-state index contributed by atoms with van der Waals surface area (Å²) in [4.78, 5) is 4.41. The van der Waals surface area contributed by atoms with Crippen LogP contribution >= 0.6 is 15.9 Å². The van der Waals surface area contributed by atoms with Crippen LogP contribution in [-0.4, -0.2) is 14.8 Å². The first-order valence-electron chi connectivity index (χ1n) is 5.85. The van der Waals surface area contributed by atoms with E-state index in [9.17, 15) is 0 Å². The molecular formula is C13H14BrN3. The van der Waals surface area contributed by atoms with Gasteiger partial charge in [0.05, 0.1) is 11.9 Å². The summed E-state index contributed by atoms with van der Waals surface area (Å²) in [6, 6.07) is 4.09. The summed E-state index contributed by atoms with van der Waals surface area (Å²) in [5, 5.41) is 5.35. The second-order valence-corrected chi connectivity index (χ2v) is 5.13. The summed E-state index contributed by atoms with van der Waals surface area (Å²) >= 11 is 3.53. The van der Waals surface area contributed by atoms with E-state index in [0.29, 0.717) is 5.92 Å². The van der Waals surface area contributed by atoms with Gasteiger partial charge in [0.25, 0.3) is 0 Å². The van der Waals surface area contributed by atoms with Crippen LogP contribution in [0.25, 0.3) is 5.82 Å². The summed E-state index contributed by atoms with van der Waals surface area (Å²) in [7, 11) is 0. The second-order valence-electron chi connectivity index (χ2n) is 4.57. The Labute approximate surface area is 109 Å². The summed E-state index contributed by atoms with van der Waals surface area (Å²) in [5.74, 6) is 1.60. The summed E-state index contributed by atoms with van der Waals surface area (Å²) in [6.07, 6.45) is 6.35. The molecule has 0 radical (unpaired) electrons. The molecule has 1 aliphatic rings. The first kappa shape index (κ1) is 11.0. The molecule has 0 aromatic carbocycles. The Bertz CT molecular complexity index is 543. The van der Waals surface area contributed by atoms with Crippen molar-refractivity contribution in [2.24, 2.45) is 0 Å². The Morgan fingerprint density at radius 1 is 1.47 bits per heavy atom. The highest BCUT2D eigenvalue weighted by molar-refractivity contribution is 9.08. The SMILES string of the molecule is Cc1ccnc(-n2ncc(CBr)c2C2CC2)c1. The zero-order chi connectivity index (χ0) is 11.8. The molecule has 0 atom stereocenters. The van der Waals surface area contributed by atoms with E-state index in [0.717, 1.165) is 11.1 Å². The molecule has 1 saturated carbocycles. The van der Waals surface area contributed by atoms with Gasteiger partial charge < -0.3 is 0 Å². The smallest absolute Gasteiger partial charge is 0.153 e. The molecule has 0 saturated heterocycles. The fraction of sp³-hybridized carbons (Fsp3) is 0.385. The molecule has 0 bridgehead atoms. The van der Waals surface area contributed by atoms with Gasteiger partial charge in [0, 0.05) is 23.0 Å². The number of alkyl halides is 1. The van der Waals surface area contributed by atoms with Crippen LogP contribution in [-0.2, 0) is 5.33 Å². The number of hydrogen-bond donors (Lipinski definition) is 0. The molecule has 1 aliphatic carbocycles. The number of pyridine rings is 1. The number of nitrogens with zero attached hydrogens (tertiary/aromatic N) is 3. The number of hydrogen-bond acceptors (Lipinski definition) is 2. The topological polar surface area (TPSA) is 30.7 Å². The Kier molecular flexibility index (Phi) is 2.74. The number of aromatic nitrogens is 3. The lowest BCUT2D eigenvalue weighted by atomic mass is 10.2. The van der Waals surface area contributed by atoms with Gasteiger partial charge in [-0.15, -0.1) is 0 Å². The van der Waals surface area contributed by atoms with Crippen LogP contribution in [0.3, 0.4) is 0 Å². The molecule has 3 rings (SSSR count). The zero-order valence-corrected chi connectivity index (χ0v) is 11.3. The van der Waals surface area contributed by atoms with Crippen LogP contribution in [0.4, 0.5) is 0 Å². The second kappa shape index (κ2) is 4.26. The van der Waals surface area contributed by atoms with Gasteiger partial charge in [-0.1, -0.05) is 15.9 Å². The van der Waals surface area contributed by atoms with E-state index in [1.165, 1.54) is 29.7 Å². The molecule has 0 N–H and O–H groups in total. The van der Waals surface area contributed by atoms with Crippen molar-refractivity contribution in [3.8, 4) is 5.82 Å². The van der Waals surface area contributed by atoms with Gasteiger partial charge in [0.2, 0.25) is 0 Å². The van der Waals surface area contributed by atoms with E-state index in [-0.39, 0.29) is 0 Å². The fourth-order valence-electron chi connectivity index (χ4n) is 2.11. The largest absolute Gasteiger partial charge is 0.237 e. The van der Waals surface area contributed by atoms with Crippen molar-refractivity contribution in [1.29, 1.82) is 0 Å². The van der Waals surface area contributed by atoms with Crippen LogP contribution in [0.5, 0.6) is 0 Å². The van der Waals surface area contributed by atoms with E-state index >= 15 is 0 Å². The molecule has 1 fully saturated rings. The molecule has 2 aromatic heterocycles. The molecule has 0 amide bonds. The zero-order valence-electron chi connectivity index (χ0n) is 9.73.